The maximum absolute atomic E-state index is 3.92. The van der Waals surface area contributed by atoms with E-state index in [1.54, 1.807) is 0 Å². The van der Waals surface area contributed by atoms with Gasteiger partial charge in [-0.2, -0.15) is 0 Å². The minimum absolute atomic E-state index is 0.291. The maximum atomic E-state index is 3.92. The lowest BCUT2D eigenvalue weighted by Crippen LogP contribution is -2.59. The summed E-state index contributed by atoms with van der Waals surface area (Å²) < 4.78 is 0. The standard InChI is InChI=1S/C17H26N2/c1-12-9-17(10-14(3)19(4)11-13(17)2)18-16-8-6-5-7-15(12)16/h5-8,12-14,18H,9-11H2,1-4H3/t12-,13-,14-,17+/m0/s1. The molecule has 1 spiro atoms. The number of likely N-dealkylation sites (tertiary alicyclic amines) is 1. The molecule has 1 N–H and O–H groups in total. The molecule has 0 radical (unpaired) electrons. The van der Waals surface area contributed by atoms with Gasteiger partial charge in [0.15, 0.2) is 0 Å². The molecule has 2 heterocycles. The lowest BCUT2D eigenvalue weighted by Gasteiger charge is -2.53. The second kappa shape index (κ2) is 4.52. The van der Waals surface area contributed by atoms with Gasteiger partial charge in [-0.15, -0.1) is 0 Å². The Morgan fingerprint density at radius 1 is 1.16 bits per heavy atom. The summed E-state index contributed by atoms with van der Waals surface area (Å²) >= 11 is 0. The molecular formula is C17H26N2. The van der Waals surface area contributed by atoms with E-state index in [4.69, 9.17) is 0 Å². The van der Waals surface area contributed by atoms with Crippen LogP contribution in [0.2, 0.25) is 0 Å². The maximum Gasteiger partial charge on any atom is 0.0432 e. The number of para-hydroxylation sites is 1. The number of hydrogen-bond donors (Lipinski definition) is 1. The summed E-state index contributed by atoms with van der Waals surface area (Å²) in [5, 5.41) is 3.92. The quantitative estimate of drug-likeness (QED) is 0.763. The molecule has 3 rings (SSSR count). The van der Waals surface area contributed by atoms with Crippen LogP contribution in [0.1, 0.15) is 45.1 Å². The number of rotatable bonds is 0. The highest BCUT2D eigenvalue weighted by molar-refractivity contribution is 5.57. The first-order valence-electron chi connectivity index (χ1n) is 7.59. The largest absolute Gasteiger partial charge is 0.379 e. The zero-order chi connectivity index (χ0) is 13.6. The van der Waals surface area contributed by atoms with Crippen LogP contribution in [0.3, 0.4) is 0 Å². The predicted octanol–water partition coefficient (Wildman–Crippen LogP) is 3.70. The van der Waals surface area contributed by atoms with Crippen LogP contribution in [-0.4, -0.2) is 30.1 Å². The van der Waals surface area contributed by atoms with E-state index in [0.29, 0.717) is 23.4 Å². The highest BCUT2D eigenvalue weighted by Crippen LogP contribution is 2.46. The Bertz CT molecular complexity index is 470. The first-order chi connectivity index (χ1) is 9.02. The van der Waals surface area contributed by atoms with Crippen LogP contribution >= 0.6 is 0 Å². The van der Waals surface area contributed by atoms with Gasteiger partial charge in [-0.1, -0.05) is 32.0 Å². The van der Waals surface area contributed by atoms with E-state index >= 15 is 0 Å². The molecule has 19 heavy (non-hydrogen) atoms. The molecule has 0 bridgehead atoms. The Hall–Kier alpha value is -1.02. The third-order valence-electron chi connectivity index (χ3n) is 5.46. The number of anilines is 1. The minimum Gasteiger partial charge on any atom is -0.379 e. The fraction of sp³-hybridized carbons (Fsp3) is 0.647. The van der Waals surface area contributed by atoms with E-state index in [-0.39, 0.29) is 0 Å². The number of nitrogens with one attached hydrogen (secondary N) is 1. The van der Waals surface area contributed by atoms with Crippen molar-refractivity contribution in [2.24, 2.45) is 5.92 Å². The summed E-state index contributed by atoms with van der Waals surface area (Å²) in [6.45, 7) is 8.36. The van der Waals surface area contributed by atoms with Gasteiger partial charge in [-0.05, 0) is 50.3 Å². The molecule has 2 nitrogen and oxygen atoms in total. The van der Waals surface area contributed by atoms with Crippen LogP contribution in [0.25, 0.3) is 0 Å². The van der Waals surface area contributed by atoms with Crippen molar-refractivity contribution in [1.82, 2.24) is 4.90 Å². The van der Waals surface area contributed by atoms with Gasteiger partial charge < -0.3 is 10.2 Å². The highest BCUT2D eigenvalue weighted by atomic mass is 15.2. The number of benzene rings is 1. The summed E-state index contributed by atoms with van der Waals surface area (Å²) in [7, 11) is 2.26. The third-order valence-corrected chi connectivity index (χ3v) is 5.46. The van der Waals surface area contributed by atoms with E-state index in [1.807, 2.05) is 0 Å². The lowest BCUT2D eigenvalue weighted by molar-refractivity contribution is 0.0803. The van der Waals surface area contributed by atoms with Gasteiger partial charge in [0.25, 0.3) is 0 Å². The van der Waals surface area contributed by atoms with E-state index < -0.39 is 0 Å². The summed E-state index contributed by atoms with van der Waals surface area (Å²) in [4.78, 5) is 2.50. The molecular weight excluding hydrogens is 232 g/mol. The van der Waals surface area contributed by atoms with Crippen LogP contribution in [0.4, 0.5) is 5.69 Å². The average Bonchev–Trinajstić information content (AvgIpc) is 2.37. The highest BCUT2D eigenvalue weighted by Gasteiger charge is 2.45. The smallest absolute Gasteiger partial charge is 0.0432 e. The first kappa shape index (κ1) is 13.0. The van der Waals surface area contributed by atoms with Crippen molar-refractivity contribution in [1.29, 1.82) is 0 Å². The summed E-state index contributed by atoms with van der Waals surface area (Å²) in [6, 6.07) is 9.52. The van der Waals surface area contributed by atoms with Crippen LogP contribution in [0, 0.1) is 5.92 Å². The lowest BCUT2D eigenvalue weighted by atomic mass is 9.68. The van der Waals surface area contributed by atoms with Gasteiger partial charge >= 0.3 is 0 Å². The number of piperidine rings is 1. The van der Waals surface area contributed by atoms with Crippen molar-refractivity contribution in [3.63, 3.8) is 0 Å². The van der Waals surface area contributed by atoms with Crippen molar-refractivity contribution in [2.75, 3.05) is 18.9 Å². The van der Waals surface area contributed by atoms with Crippen molar-refractivity contribution in [2.45, 2.75) is 51.1 Å². The van der Waals surface area contributed by atoms with Gasteiger partial charge in [0.2, 0.25) is 0 Å². The van der Waals surface area contributed by atoms with E-state index in [2.05, 4.69) is 62.3 Å². The average molecular weight is 258 g/mol. The monoisotopic (exact) mass is 258 g/mol. The first-order valence-corrected chi connectivity index (χ1v) is 7.59. The Morgan fingerprint density at radius 2 is 1.89 bits per heavy atom. The molecule has 0 amide bonds. The normalized spacial score (nSPS) is 38.8. The van der Waals surface area contributed by atoms with Gasteiger partial charge in [-0.25, -0.2) is 0 Å². The third kappa shape index (κ3) is 2.06. The van der Waals surface area contributed by atoms with Crippen LogP contribution in [0.15, 0.2) is 24.3 Å². The van der Waals surface area contributed by atoms with Crippen molar-refractivity contribution < 1.29 is 0 Å². The molecule has 2 aliphatic rings. The predicted molar refractivity (Wildman–Crippen MR) is 81.7 cm³/mol. The van der Waals surface area contributed by atoms with Crippen molar-refractivity contribution in [3.05, 3.63) is 29.8 Å². The van der Waals surface area contributed by atoms with E-state index in [0.717, 1.165) is 0 Å². The molecule has 1 aromatic rings. The molecule has 2 aliphatic heterocycles. The molecule has 1 fully saturated rings. The Balaban J connectivity index is 1.95. The number of hydrogen-bond acceptors (Lipinski definition) is 2. The Labute approximate surface area is 117 Å². The van der Waals surface area contributed by atoms with Crippen LogP contribution in [-0.2, 0) is 0 Å². The van der Waals surface area contributed by atoms with Crippen LogP contribution in [0.5, 0.6) is 0 Å². The van der Waals surface area contributed by atoms with Gasteiger partial charge in [0.05, 0.1) is 0 Å². The zero-order valence-electron chi connectivity index (χ0n) is 12.6. The molecule has 0 aliphatic carbocycles. The van der Waals surface area contributed by atoms with Gasteiger partial charge in [0, 0.05) is 23.8 Å². The molecule has 4 atom stereocenters. The van der Waals surface area contributed by atoms with Crippen molar-refractivity contribution in [3.8, 4) is 0 Å². The van der Waals surface area contributed by atoms with Gasteiger partial charge in [0.1, 0.15) is 0 Å². The van der Waals surface area contributed by atoms with Crippen LogP contribution < -0.4 is 5.32 Å². The number of fused-ring (bicyclic) bond motifs is 1. The molecule has 2 heteroatoms. The molecule has 0 saturated carbocycles. The minimum atomic E-state index is 0.291. The topological polar surface area (TPSA) is 15.3 Å². The molecule has 1 saturated heterocycles. The SMILES string of the molecule is C[C@H]1C[C@]2(C[C@H](C)N(C)C[C@@H]2C)Nc2ccccc21. The summed E-state index contributed by atoms with van der Waals surface area (Å²) in [5.74, 6) is 1.36. The molecule has 1 aromatic carbocycles. The van der Waals surface area contributed by atoms with E-state index in [9.17, 15) is 0 Å². The van der Waals surface area contributed by atoms with Crippen molar-refractivity contribution >= 4 is 5.69 Å². The number of nitrogens with zero attached hydrogens (tertiary/aromatic N) is 1. The fourth-order valence-corrected chi connectivity index (χ4v) is 4.15. The summed E-state index contributed by atoms with van der Waals surface area (Å²) in [6.07, 6.45) is 2.52. The second-order valence-electron chi connectivity index (χ2n) is 6.87. The molecule has 104 valence electrons. The van der Waals surface area contributed by atoms with Gasteiger partial charge in [-0.3, -0.25) is 0 Å². The Kier molecular flexibility index (Phi) is 3.09. The zero-order valence-corrected chi connectivity index (χ0v) is 12.6. The summed E-state index contributed by atoms with van der Waals surface area (Å²) in [5.41, 5.74) is 3.15. The molecule has 0 aromatic heterocycles. The second-order valence-corrected chi connectivity index (χ2v) is 6.87. The molecule has 0 unspecified atom stereocenters. The Morgan fingerprint density at radius 3 is 2.68 bits per heavy atom. The fourth-order valence-electron chi connectivity index (χ4n) is 4.15. The van der Waals surface area contributed by atoms with E-state index in [1.165, 1.54) is 30.6 Å².